The highest BCUT2D eigenvalue weighted by molar-refractivity contribution is 7.92. The van der Waals surface area contributed by atoms with Crippen LogP contribution < -0.4 is 0 Å². The fourth-order valence-corrected chi connectivity index (χ4v) is 6.33. The van der Waals surface area contributed by atoms with Crippen LogP contribution in [0.3, 0.4) is 0 Å². The predicted molar refractivity (Wildman–Crippen MR) is 126 cm³/mol. The van der Waals surface area contributed by atoms with Crippen molar-refractivity contribution in [3.8, 4) is 0 Å². The van der Waals surface area contributed by atoms with Crippen molar-refractivity contribution in [1.29, 1.82) is 0 Å². The minimum absolute atomic E-state index is 0.0372. The molecule has 2 amide bonds. The lowest BCUT2D eigenvalue weighted by molar-refractivity contribution is -0.143. The number of carbonyl (C=O) groups excluding carboxylic acids is 2. The number of morpholine rings is 1. The number of carbonyl (C=O) groups is 2. The molecule has 2 aliphatic rings. The molecule has 33 heavy (non-hydrogen) atoms. The number of rotatable bonds is 5. The quantitative estimate of drug-likeness (QED) is 0.663. The SMILES string of the molecule is CC1CN(C(=O)Cn2cc(S(=O)(=O)CC(=O)N3CCCCCC3)c3ccccc32)CC(C)O1. The molecular formula is C24H33N3O5S. The van der Waals surface area contributed by atoms with Gasteiger partial charge in [-0.05, 0) is 32.8 Å². The van der Waals surface area contributed by atoms with E-state index in [-0.39, 0.29) is 35.5 Å². The summed E-state index contributed by atoms with van der Waals surface area (Å²) in [5.41, 5.74) is 0.668. The number of nitrogens with zero attached hydrogens (tertiary/aromatic N) is 3. The third kappa shape index (κ3) is 5.41. The van der Waals surface area contributed by atoms with Gasteiger partial charge in [0, 0.05) is 43.3 Å². The molecule has 2 aliphatic heterocycles. The van der Waals surface area contributed by atoms with Crippen molar-refractivity contribution in [2.45, 2.75) is 63.2 Å². The molecule has 0 saturated carbocycles. The number of ether oxygens (including phenoxy) is 1. The molecule has 2 atom stereocenters. The van der Waals surface area contributed by atoms with Crippen molar-refractivity contribution in [3.05, 3.63) is 30.5 Å². The van der Waals surface area contributed by atoms with Crippen LogP contribution in [0.15, 0.2) is 35.4 Å². The summed E-state index contributed by atoms with van der Waals surface area (Å²) in [6.07, 6.45) is 5.39. The smallest absolute Gasteiger partial charge is 0.242 e. The molecule has 1 aromatic heterocycles. The lowest BCUT2D eigenvalue weighted by Crippen LogP contribution is -2.49. The monoisotopic (exact) mass is 475 g/mol. The lowest BCUT2D eigenvalue weighted by Gasteiger charge is -2.35. The van der Waals surface area contributed by atoms with Gasteiger partial charge < -0.3 is 19.1 Å². The van der Waals surface area contributed by atoms with Gasteiger partial charge in [0.2, 0.25) is 11.8 Å². The number of aromatic nitrogens is 1. The number of amides is 2. The zero-order valence-corrected chi connectivity index (χ0v) is 20.2. The summed E-state index contributed by atoms with van der Waals surface area (Å²) < 4.78 is 34.0. The lowest BCUT2D eigenvalue weighted by atomic mass is 10.2. The van der Waals surface area contributed by atoms with Gasteiger partial charge in [0.15, 0.2) is 9.84 Å². The van der Waals surface area contributed by atoms with Crippen LogP contribution in [0.1, 0.15) is 39.5 Å². The van der Waals surface area contributed by atoms with E-state index in [1.165, 1.54) is 6.20 Å². The Balaban J connectivity index is 1.57. The number of hydrogen-bond acceptors (Lipinski definition) is 5. The molecule has 0 aliphatic carbocycles. The van der Waals surface area contributed by atoms with E-state index in [4.69, 9.17) is 4.74 Å². The molecule has 0 spiro atoms. The van der Waals surface area contributed by atoms with Crippen LogP contribution in [0, 0.1) is 0 Å². The molecule has 2 aromatic rings. The van der Waals surface area contributed by atoms with E-state index in [0.717, 1.165) is 25.7 Å². The van der Waals surface area contributed by atoms with E-state index in [1.807, 2.05) is 26.0 Å². The summed E-state index contributed by atoms with van der Waals surface area (Å²) in [5.74, 6) is -0.976. The molecule has 3 heterocycles. The number of sulfone groups is 1. The van der Waals surface area contributed by atoms with E-state index in [0.29, 0.717) is 37.1 Å². The predicted octanol–water partition coefficient (Wildman–Crippen LogP) is 2.45. The van der Waals surface area contributed by atoms with Crippen LogP contribution in [-0.2, 0) is 30.7 Å². The second-order valence-electron chi connectivity index (χ2n) is 9.25. The minimum atomic E-state index is -3.86. The Labute approximate surface area is 195 Å². The molecule has 0 N–H and O–H groups in total. The number of para-hydroxylation sites is 1. The number of hydrogen-bond donors (Lipinski definition) is 0. The molecule has 1 aromatic carbocycles. The van der Waals surface area contributed by atoms with Crippen LogP contribution in [0.4, 0.5) is 0 Å². The van der Waals surface area contributed by atoms with Gasteiger partial charge in [-0.15, -0.1) is 0 Å². The first-order valence-electron chi connectivity index (χ1n) is 11.8. The molecule has 2 saturated heterocycles. The van der Waals surface area contributed by atoms with E-state index >= 15 is 0 Å². The largest absolute Gasteiger partial charge is 0.372 e. The highest BCUT2D eigenvalue weighted by Crippen LogP contribution is 2.27. The maximum Gasteiger partial charge on any atom is 0.242 e. The summed E-state index contributed by atoms with van der Waals surface area (Å²) in [4.78, 5) is 29.4. The summed E-state index contributed by atoms with van der Waals surface area (Å²) >= 11 is 0. The van der Waals surface area contributed by atoms with Gasteiger partial charge >= 0.3 is 0 Å². The van der Waals surface area contributed by atoms with Gasteiger partial charge in [-0.25, -0.2) is 8.42 Å². The first-order chi connectivity index (χ1) is 15.7. The fraction of sp³-hybridized carbons (Fsp3) is 0.583. The Morgan fingerprint density at radius 1 is 0.939 bits per heavy atom. The molecule has 8 nitrogen and oxygen atoms in total. The molecule has 180 valence electrons. The van der Waals surface area contributed by atoms with Gasteiger partial charge in [-0.3, -0.25) is 9.59 Å². The Kier molecular flexibility index (Phi) is 7.09. The maximum atomic E-state index is 13.3. The number of benzene rings is 1. The molecular weight excluding hydrogens is 442 g/mol. The van der Waals surface area contributed by atoms with Crippen LogP contribution >= 0.6 is 0 Å². The van der Waals surface area contributed by atoms with E-state index in [1.54, 1.807) is 26.5 Å². The standard InChI is InChI=1S/C24H33N3O5S/c1-18-13-27(14-19(2)32-18)23(28)16-26-15-22(20-9-5-6-10-21(20)26)33(30,31)17-24(29)25-11-7-3-4-8-12-25/h5-6,9-10,15,18-19H,3-4,7-8,11-14,16-17H2,1-2H3. The van der Waals surface area contributed by atoms with Gasteiger partial charge in [-0.1, -0.05) is 31.0 Å². The third-order valence-electron chi connectivity index (χ3n) is 6.44. The van der Waals surface area contributed by atoms with Crippen molar-refractivity contribution < 1.29 is 22.7 Å². The molecule has 4 rings (SSSR count). The Morgan fingerprint density at radius 2 is 1.58 bits per heavy atom. The zero-order chi connectivity index (χ0) is 23.6. The van der Waals surface area contributed by atoms with Crippen LogP contribution in [0.5, 0.6) is 0 Å². The van der Waals surface area contributed by atoms with Crippen LogP contribution in [0.25, 0.3) is 10.9 Å². The van der Waals surface area contributed by atoms with Crippen LogP contribution in [0.2, 0.25) is 0 Å². The van der Waals surface area contributed by atoms with Gasteiger partial charge in [0.1, 0.15) is 12.3 Å². The Bertz CT molecular complexity index is 1110. The minimum Gasteiger partial charge on any atom is -0.372 e. The molecule has 0 radical (unpaired) electrons. The van der Waals surface area contributed by atoms with Crippen molar-refractivity contribution in [2.75, 3.05) is 31.9 Å². The Hall–Kier alpha value is -2.39. The average Bonchev–Trinajstić information content (AvgIpc) is 2.93. The van der Waals surface area contributed by atoms with Crippen molar-refractivity contribution >= 4 is 32.6 Å². The molecule has 2 fully saturated rings. The average molecular weight is 476 g/mol. The second-order valence-corrected chi connectivity index (χ2v) is 11.2. The third-order valence-corrected chi connectivity index (χ3v) is 8.06. The number of likely N-dealkylation sites (tertiary alicyclic amines) is 1. The Morgan fingerprint density at radius 3 is 2.24 bits per heavy atom. The maximum absolute atomic E-state index is 13.3. The highest BCUT2D eigenvalue weighted by atomic mass is 32.2. The first-order valence-corrected chi connectivity index (χ1v) is 13.4. The van der Waals surface area contributed by atoms with Gasteiger partial charge in [0.05, 0.1) is 17.1 Å². The van der Waals surface area contributed by atoms with Gasteiger partial charge in [0.25, 0.3) is 0 Å². The topological polar surface area (TPSA) is 88.9 Å². The fourth-order valence-electron chi connectivity index (χ4n) is 4.87. The summed E-state index contributed by atoms with van der Waals surface area (Å²) in [5, 5.41) is 0.540. The van der Waals surface area contributed by atoms with Crippen molar-refractivity contribution in [1.82, 2.24) is 14.4 Å². The van der Waals surface area contributed by atoms with Crippen LogP contribution in [-0.4, -0.2) is 78.7 Å². The normalized spacial score (nSPS) is 22.4. The molecule has 0 bridgehead atoms. The second kappa shape index (κ2) is 9.85. The zero-order valence-electron chi connectivity index (χ0n) is 19.4. The molecule has 9 heteroatoms. The highest BCUT2D eigenvalue weighted by Gasteiger charge is 2.29. The van der Waals surface area contributed by atoms with E-state index in [2.05, 4.69) is 0 Å². The molecule has 2 unspecified atom stereocenters. The van der Waals surface area contributed by atoms with Crippen molar-refractivity contribution in [2.24, 2.45) is 0 Å². The summed E-state index contributed by atoms with van der Waals surface area (Å²) in [6, 6.07) is 7.14. The first kappa shape index (κ1) is 23.8. The van der Waals surface area contributed by atoms with E-state index in [9.17, 15) is 18.0 Å². The summed E-state index contributed by atoms with van der Waals surface area (Å²) in [7, 11) is -3.86. The van der Waals surface area contributed by atoms with Gasteiger partial charge in [-0.2, -0.15) is 0 Å². The number of fused-ring (bicyclic) bond motifs is 1. The summed E-state index contributed by atoms with van der Waals surface area (Å²) in [6.45, 7) is 6.16. The van der Waals surface area contributed by atoms with Crippen molar-refractivity contribution in [3.63, 3.8) is 0 Å². The van der Waals surface area contributed by atoms with E-state index < -0.39 is 15.6 Å².